The summed E-state index contributed by atoms with van der Waals surface area (Å²) in [5.41, 5.74) is 3.70. The minimum absolute atomic E-state index is 0.158. The SMILES string of the molecule is CCCCCCC1COB(c2cc(C)cc(C)c2)O1. The van der Waals surface area contributed by atoms with Gasteiger partial charge in [0.15, 0.2) is 0 Å². The normalized spacial score (nSPS) is 19.1. The van der Waals surface area contributed by atoms with Gasteiger partial charge >= 0.3 is 7.12 Å². The lowest BCUT2D eigenvalue weighted by Crippen LogP contribution is -2.32. The quantitative estimate of drug-likeness (QED) is 0.576. The van der Waals surface area contributed by atoms with Crippen molar-refractivity contribution in [3.8, 4) is 0 Å². The molecule has 1 aromatic carbocycles. The fraction of sp³-hybridized carbons (Fsp3) is 0.625. The minimum atomic E-state index is -0.158. The summed E-state index contributed by atoms with van der Waals surface area (Å²) in [7, 11) is -0.158. The van der Waals surface area contributed by atoms with Gasteiger partial charge in [-0.2, -0.15) is 0 Å². The Kier molecular flexibility index (Phi) is 5.47. The fourth-order valence-electron chi connectivity index (χ4n) is 2.72. The van der Waals surface area contributed by atoms with Crippen LogP contribution in [0.1, 0.15) is 50.2 Å². The number of hydrogen-bond acceptors (Lipinski definition) is 2. The van der Waals surface area contributed by atoms with Gasteiger partial charge in [0.05, 0.1) is 12.7 Å². The van der Waals surface area contributed by atoms with E-state index in [1.54, 1.807) is 0 Å². The number of aryl methyl sites for hydroxylation is 2. The van der Waals surface area contributed by atoms with Gasteiger partial charge in [-0.3, -0.25) is 0 Å². The molecule has 0 bridgehead atoms. The maximum atomic E-state index is 6.02. The van der Waals surface area contributed by atoms with Crippen molar-refractivity contribution in [2.75, 3.05) is 6.61 Å². The van der Waals surface area contributed by atoms with E-state index in [1.165, 1.54) is 36.8 Å². The van der Waals surface area contributed by atoms with Crippen molar-refractivity contribution in [1.82, 2.24) is 0 Å². The van der Waals surface area contributed by atoms with Crippen molar-refractivity contribution in [1.29, 1.82) is 0 Å². The molecule has 1 fully saturated rings. The maximum Gasteiger partial charge on any atom is 0.494 e. The standard InChI is InChI=1S/C16H25BO2/c1-4-5-6-7-8-16-12-18-17(19-16)15-10-13(2)9-14(3)11-15/h9-11,16H,4-8,12H2,1-3H3. The van der Waals surface area contributed by atoms with Gasteiger partial charge in [0.1, 0.15) is 0 Å². The fourth-order valence-corrected chi connectivity index (χ4v) is 2.72. The Balaban J connectivity index is 1.84. The Bertz CT molecular complexity index is 385. The van der Waals surface area contributed by atoms with Gasteiger partial charge in [0.25, 0.3) is 0 Å². The molecule has 1 aliphatic heterocycles. The van der Waals surface area contributed by atoms with Gasteiger partial charge in [-0.05, 0) is 25.7 Å². The Morgan fingerprint density at radius 1 is 1.11 bits per heavy atom. The van der Waals surface area contributed by atoms with E-state index in [9.17, 15) is 0 Å². The van der Waals surface area contributed by atoms with E-state index in [0.717, 1.165) is 18.5 Å². The summed E-state index contributed by atoms with van der Waals surface area (Å²) in [4.78, 5) is 0. The molecule has 1 aliphatic rings. The predicted molar refractivity (Wildman–Crippen MR) is 80.9 cm³/mol. The van der Waals surface area contributed by atoms with Crippen LogP contribution >= 0.6 is 0 Å². The zero-order valence-corrected chi connectivity index (χ0v) is 12.4. The molecule has 2 nitrogen and oxygen atoms in total. The lowest BCUT2D eigenvalue weighted by Gasteiger charge is -2.10. The molecule has 0 spiro atoms. The second-order valence-electron chi connectivity index (χ2n) is 5.69. The zero-order chi connectivity index (χ0) is 13.7. The first-order chi connectivity index (χ1) is 9.19. The van der Waals surface area contributed by atoms with Crippen molar-refractivity contribution in [3.05, 3.63) is 29.3 Å². The molecule has 1 saturated heterocycles. The molecule has 1 aromatic rings. The van der Waals surface area contributed by atoms with Gasteiger partial charge in [-0.15, -0.1) is 0 Å². The predicted octanol–water partition coefficient (Wildman–Crippen LogP) is 3.38. The van der Waals surface area contributed by atoms with Crippen molar-refractivity contribution in [3.63, 3.8) is 0 Å². The topological polar surface area (TPSA) is 18.5 Å². The largest absolute Gasteiger partial charge is 0.494 e. The van der Waals surface area contributed by atoms with E-state index < -0.39 is 0 Å². The van der Waals surface area contributed by atoms with E-state index in [-0.39, 0.29) is 13.2 Å². The van der Waals surface area contributed by atoms with Crippen molar-refractivity contribution in [2.45, 2.75) is 59.0 Å². The first-order valence-corrected chi connectivity index (χ1v) is 7.54. The summed E-state index contributed by atoms with van der Waals surface area (Å²) in [6.45, 7) is 7.22. The Labute approximate surface area is 117 Å². The smallest absolute Gasteiger partial charge is 0.405 e. The van der Waals surface area contributed by atoms with E-state index >= 15 is 0 Å². The highest BCUT2D eigenvalue weighted by atomic mass is 16.6. The van der Waals surface area contributed by atoms with Crippen molar-refractivity contribution >= 4 is 12.6 Å². The molecule has 2 rings (SSSR count). The molecule has 19 heavy (non-hydrogen) atoms. The average Bonchev–Trinajstić information content (AvgIpc) is 2.82. The summed E-state index contributed by atoms with van der Waals surface area (Å²) in [6, 6.07) is 6.51. The first kappa shape index (κ1) is 14.6. The van der Waals surface area contributed by atoms with Crippen LogP contribution in [0.2, 0.25) is 0 Å². The van der Waals surface area contributed by atoms with Crippen LogP contribution in [0.5, 0.6) is 0 Å². The van der Waals surface area contributed by atoms with Crippen LogP contribution in [0, 0.1) is 13.8 Å². The van der Waals surface area contributed by atoms with Gasteiger partial charge in [-0.1, -0.05) is 61.9 Å². The molecule has 0 aromatic heterocycles. The third-order valence-electron chi connectivity index (χ3n) is 3.65. The highest BCUT2D eigenvalue weighted by Crippen LogP contribution is 2.16. The van der Waals surface area contributed by atoms with Crippen LogP contribution in [-0.4, -0.2) is 19.8 Å². The van der Waals surface area contributed by atoms with E-state index in [0.29, 0.717) is 0 Å². The Morgan fingerprint density at radius 2 is 1.84 bits per heavy atom. The second-order valence-corrected chi connectivity index (χ2v) is 5.69. The van der Waals surface area contributed by atoms with Crippen molar-refractivity contribution in [2.24, 2.45) is 0 Å². The van der Waals surface area contributed by atoms with Crippen LogP contribution < -0.4 is 5.46 Å². The summed E-state index contributed by atoms with van der Waals surface area (Å²) in [5, 5.41) is 0. The van der Waals surface area contributed by atoms with E-state index in [2.05, 4.69) is 39.0 Å². The molecule has 1 heterocycles. The molecular formula is C16H25BO2. The zero-order valence-electron chi connectivity index (χ0n) is 12.4. The second kappa shape index (κ2) is 7.11. The number of rotatable bonds is 6. The number of unbranched alkanes of at least 4 members (excludes halogenated alkanes) is 3. The Morgan fingerprint density at radius 3 is 2.53 bits per heavy atom. The lowest BCUT2D eigenvalue weighted by atomic mass is 9.78. The van der Waals surface area contributed by atoms with Gasteiger partial charge in [-0.25, -0.2) is 0 Å². The van der Waals surface area contributed by atoms with Crippen LogP contribution in [0.3, 0.4) is 0 Å². The minimum Gasteiger partial charge on any atom is -0.405 e. The Hall–Kier alpha value is -0.795. The average molecular weight is 260 g/mol. The molecule has 0 N–H and O–H groups in total. The molecule has 104 valence electrons. The molecule has 1 unspecified atom stereocenters. The summed E-state index contributed by atoms with van der Waals surface area (Å²) in [5.74, 6) is 0. The van der Waals surface area contributed by atoms with Gasteiger partial charge in [0.2, 0.25) is 0 Å². The maximum absolute atomic E-state index is 6.02. The van der Waals surface area contributed by atoms with E-state index in [4.69, 9.17) is 9.31 Å². The van der Waals surface area contributed by atoms with Crippen LogP contribution in [0.25, 0.3) is 0 Å². The molecule has 0 saturated carbocycles. The molecule has 0 radical (unpaired) electrons. The van der Waals surface area contributed by atoms with Gasteiger partial charge < -0.3 is 9.31 Å². The molecule has 3 heteroatoms. The third kappa shape index (κ3) is 4.36. The lowest BCUT2D eigenvalue weighted by molar-refractivity contribution is 0.217. The molecular weight excluding hydrogens is 235 g/mol. The monoisotopic (exact) mass is 260 g/mol. The van der Waals surface area contributed by atoms with Crippen LogP contribution in [0.4, 0.5) is 0 Å². The highest BCUT2D eigenvalue weighted by molar-refractivity contribution is 6.61. The molecule has 1 atom stereocenters. The summed E-state index contributed by atoms with van der Waals surface area (Å²) >= 11 is 0. The van der Waals surface area contributed by atoms with E-state index in [1.807, 2.05) is 0 Å². The first-order valence-electron chi connectivity index (χ1n) is 7.54. The highest BCUT2D eigenvalue weighted by Gasteiger charge is 2.32. The van der Waals surface area contributed by atoms with Crippen molar-refractivity contribution < 1.29 is 9.31 Å². The number of hydrogen-bond donors (Lipinski definition) is 0. The third-order valence-corrected chi connectivity index (χ3v) is 3.65. The summed E-state index contributed by atoms with van der Waals surface area (Å²) < 4.78 is 11.8. The molecule has 0 aliphatic carbocycles. The molecule has 0 amide bonds. The summed E-state index contributed by atoms with van der Waals surface area (Å²) in [6.07, 6.45) is 6.58. The van der Waals surface area contributed by atoms with Gasteiger partial charge in [0, 0.05) is 0 Å². The number of benzene rings is 1. The van der Waals surface area contributed by atoms with Crippen LogP contribution in [-0.2, 0) is 9.31 Å². The van der Waals surface area contributed by atoms with Crippen LogP contribution in [0.15, 0.2) is 18.2 Å².